The molecule has 0 aliphatic heterocycles. The number of carbonyl (C=O) groups is 2. The maximum Gasteiger partial charge on any atom is 0.258 e. The Bertz CT molecular complexity index is 982. The second-order valence-electron chi connectivity index (χ2n) is 10.6. The zero-order valence-electron chi connectivity index (χ0n) is 20.9. The molecular formula is C28H38N2O4S. The number of thiophene rings is 1. The predicted octanol–water partition coefficient (Wildman–Crippen LogP) is 4.39. The second kappa shape index (κ2) is 11.1. The van der Waals surface area contributed by atoms with Crippen LogP contribution in [0.5, 0.6) is 5.75 Å². The van der Waals surface area contributed by atoms with Crippen molar-refractivity contribution in [3.63, 3.8) is 0 Å². The first-order chi connectivity index (χ1) is 16.8. The highest BCUT2D eigenvalue weighted by Crippen LogP contribution is 2.55. The zero-order valence-corrected chi connectivity index (χ0v) is 21.7. The van der Waals surface area contributed by atoms with Gasteiger partial charge in [0.25, 0.3) is 5.91 Å². The van der Waals surface area contributed by atoms with E-state index in [0.717, 1.165) is 30.6 Å². The Morgan fingerprint density at radius 3 is 2.63 bits per heavy atom. The number of rotatable bonds is 8. The fraction of sp³-hybridized carbons (Fsp3) is 0.571. The summed E-state index contributed by atoms with van der Waals surface area (Å²) in [5.74, 6) is 0.306. The van der Waals surface area contributed by atoms with Crippen molar-refractivity contribution in [2.45, 2.75) is 65.1 Å². The van der Waals surface area contributed by atoms with Gasteiger partial charge in [-0.3, -0.25) is 9.59 Å². The van der Waals surface area contributed by atoms with Gasteiger partial charge in [0.2, 0.25) is 5.91 Å². The molecule has 0 bridgehead atoms. The number of carbonyl (C=O) groups excluding carboxylic acids is 2. The van der Waals surface area contributed by atoms with Crippen LogP contribution in [0.1, 0.15) is 51.3 Å². The van der Waals surface area contributed by atoms with E-state index in [1.165, 1.54) is 0 Å². The molecule has 6 nitrogen and oxygen atoms in total. The minimum atomic E-state index is -0.577. The van der Waals surface area contributed by atoms with E-state index in [-0.39, 0.29) is 53.5 Å². The molecule has 0 radical (unpaired) electrons. The number of aliphatic hydroxyl groups excluding tert-OH is 1. The maximum absolute atomic E-state index is 12.9. The average molecular weight is 499 g/mol. The number of para-hydroxylation sites is 1. The van der Waals surface area contributed by atoms with E-state index in [9.17, 15) is 14.7 Å². The van der Waals surface area contributed by atoms with Crippen LogP contribution < -0.4 is 15.4 Å². The molecule has 2 aromatic rings. The molecule has 3 N–H and O–H groups in total. The fourth-order valence-corrected chi connectivity index (χ4v) is 7.00. The van der Waals surface area contributed by atoms with Gasteiger partial charge in [-0.05, 0) is 72.4 Å². The molecule has 190 valence electrons. The van der Waals surface area contributed by atoms with Crippen molar-refractivity contribution < 1.29 is 19.4 Å². The summed E-state index contributed by atoms with van der Waals surface area (Å²) >= 11 is 1.63. The van der Waals surface area contributed by atoms with E-state index >= 15 is 0 Å². The summed E-state index contributed by atoms with van der Waals surface area (Å²) < 4.78 is 5.61. The van der Waals surface area contributed by atoms with Crippen LogP contribution in [0.2, 0.25) is 0 Å². The number of fused-ring (bicyclic) bond motifs is 1. The van der Waals surface area contributed by atoms with Gasteiger partial charge in [0.15, 0.2) is 6.61 Å². The predicted molar refractivity (Wildman–Crippen MR) is 138 cm³/mol. The van der Waals surface area contributed by atoms with Crippen molar-refractivity contribution in [1.82, 2.24) is 10.6 Å². The SMILES string of the molecule is CC(C(=O)NCc1cccs1)C1CCC2(C)CCC(NC(=O)COc3ccccc3)C(C)C2C1O. The third-order valence-corrected chi connectivity index (χ3v) is 9.30. The fourth-order valence-electron chi connectivity index (χ4n) is 6.35. The number of hydrogen-bond donors (Lipinski definition) is 3. The molecule has 2 saturated carbocycles. The summed E-state index contributed by atoms with van der Waals surface area (Å²) in [5, 5.41) is 19.8. The molecule has 2 aliphatic carbocycles. The summed E-state index contributed by atoms with van der Waals surface area (Å²) in [7, 11) is 0. The largest absolute Gasteiger partial charge is 0.484 e. The van der Waals surface area contributed by atoms with Crippen LogP contribution in [0.25, 0.3) is 0 Å². The van der Waals surface area contributed by atoms with Crippen LogP contribution in [0, 0.1) is 29.1 Å². The van der Waals surface area contributed by atoms with Crippen LogP contribution in [0.3, 0.4) is 0 Å². The topological polar surface area (TPSA) is 87.7 Å². The van der Waals surface area contributed by atoms with Gasteiger partial charge in [-0.1, -0.05) is 45.0 Å². The van der Waals surface area contributed by atoms with Crippen molar-refractivity contribution in [2.24, 2.45) is 29.1 Å². The molecule has 4 rings (SSSR count). The molecule has 0 saturated heterocycles. The zero-order chi connectivity index (χ0) is 25.0. The Labute approximate surface area is 212 Å². The standard InChI is InChI=1S/C28H38N2O4S/c1-18(27(33)29-16-21-10-7-15-35-21)22-11-13-28(3)14-12-23(19(2)25(28)26(22)32)30-24(31)17-34-20-8-5-4-6-9-20/h4-10,15,18-19,22-23,25-26,32H,11-14,16-17H2,1-3H3,(H,29,33)(H,30,31). The normalized spacial score (nSPS) is 31.1. The molecule has 2 amide bonds. The highest BCUT2D eigenvalue weighted by Gasteiger charge is 2.53. The van der Waals surface area contributed by atoms with Crippen molar-refractivity contribution in [2.75, 3.05) is 6.61 Å². The van der Waals surface area contributed by atoms with Gasteiger partial charge in [0.05, 0.1) is 12.6 Å². The summed E-state index contributed by atoms with van der Waals surface area (Å²) in [6.07, 6.45) is 3.10. The van der Waals surface area contributed by atoms with Gasteiger partial charge in [-0.15, -0.1) is 11.3 Å². The molecule has 1 aromatic carbocycles. The van der Waals surface area contributed by atoms with E-state index < -0.39 is 6.10 Å². The first-order valence-electron chi connectivity index (χ1n) is 12.7. The highest BCUT2D eigenvalue weighted by atomic mass is 32.1. The molecular weight excluding hydrogens is 460 g/mol. The van der Waals surface area contributed by atoms with Crippen molar-refractivity contribution in [1.29, 1.82) is 0 Å². The van der Waals surface area contributed by atoms with E-state index in [1.807, 2.05) is 54.8 Å². The van der Waals surface area contributed by atoms with Crippen molar-refractivity contribution in [3.05, 3.63) is 52.7 Å². The lowest BCUT2D eigenvalue weighted by Gasteiger charge is -2.56. The van der Waals surface area contributed by atoms with Gasteiger partial charge in [0.1, 0.15) is 5.75 Å². The van der Waals surface area contributed by atoms with Gasteiger partial charge >= 0.3 is 0 Å². The number of hydrogen-bond acceptors (Lipinski definition) is 5. The lowest BCUT2D eigenvalue weighted by molar-refractivity contribution is -0.144. The Kier molecular flexibility index (Phi) is 8.17. The summed E-state index contributed by atoms with van der Waals surface area (Å²) in [6, 6.07) is 13.3. The van der Waals surface area contributed by atoms with Gasteiger partial charge < -0.3 is 20.5 Å². The Morgan fingerprint density at radius 2 is 1.91 bits per heavy atom. The Hall–Kier alpha value is -2.38. The number of amides is 2. The first kappa shape index (κ1) is 25.7. The third-order valence-electron chi connectivity index (χ3n) is 8.42. The van der Waals surface area contributed by atoms with Crippen LogP contribution in [0.4, 0.5) is 0 Å². The summed E-state index contributed by atoms with van der Waals surface area (Å²) in [4.78, 5) is 26.7. The minimum Gasteiger partial charge on any atom is -0.484 e. The Morgan fingerprint density at radius 1 is 1.17 bits per heavy atom. The molecule has 1 aromatic heterocycles. The van der Waals surface area contributed by atoms with Crippen LogP contribution >= 0.6 is 11.3 Å². The van der Waals surface area contributed by atoms with E-state index in [0.29, 0.717) is 12.3 Å². The van der Waals surface area contributed by atoms with Gasteiger partial charge in [-0.25, -0.2) is 0 Å². The monoisotopic (exact) mass is 498 g/mol. The number of benzene rings is 1. The molecule has 0 spiro atoms. The van der Waals surface area contributed by atoms with Crippen molar-refractivity contribution >= 4 is 23.2 Å². The lowest BCUT2D eigenvalue weighted by atomic mass is 9.51. The average Bonchev–Trinajstić information content (AvgIpc) is 3.37. The molecule has 1 heterocycles. The minimum absolute atomic E-state index is 0.00238. The summed E-state index contributed by atoms with van der Waals surface area (Å²) in [5.41, 5.74) is 0.0181. The maximum atomic E-state index is 12.9. The lowest BCUT2D eigenvalue weighted by Crippen LogP contribution is -2.58. The van der Waals surface area contributed by atoms with E-state index in [1.54, 1.807) is 11.3 Å². The summed E-state index contributed by atoms with van der Waals surface area (Å²) in [6.45, 7) is 6.85. The first-order valence-corrected chi connectivity index (χ1v) is 13.6. The molecule has 7 atom stereocenters. The molecule has 2 fully saturated rings. The van der Waals surface area contributed by atoms with Crippen molar-refractivity contribution in [3.8, 4) is 5.75 Å². The number of ether oxygens (including phenoxy) is 1. The molecule has 7 unspecified atom stereocenters. The van der Waals surface area contributed by atoms with Crippen LogP contribution in [0.15, 0.2) is 47.8 Å². The van der Waals surface area contributed by atoms with E-state index in [2.05, 4.69) is 24.5 Å². The third kappa shape index (κ3) is 5.89. The quantitative estimate of drug-likeness (QED) is 0.504. The van der Waals surface area contributed by atoms with Gasteiger partial charge in [-0.2, -0.15) is 0 Å². The molecule has 7 heteroatoms. The number of nitrogens with one attached hydrogen (secondary N) is 2. The Balaban J connectivity index is 1.36. The molecule has 35 heavy (non-hydrogen) atoms. The second-order valence-corrected chi connectivity index (χ2v) is 11.7. The molecule has 2 aliphatic rings. The van der Waals surface area contributed by atoms with Crippen LogP contribution in [-0.2, 0) is 16.1 Å². The van der Waals surface area contributed by atoms with E-state index in [4.69, 9.17) is 4.74 Å². The van der Waals surface area contributed by atoms with Crippen LogP contribution in [-0.4, -0.2) is 35.7 Å². The number of aliphatic hydroxyl groups is 1. The van der Waals surface area contributed by atoms with Gasteiger partial charge in [0, 0.05) is 16.8 Å². The smallest absolute Gasteiger partial charge is 0.258 e. The highest BCUT2D eigenvalue weighted by molar-refractivity contribution is 7.09.